The van der Waals surface area contributed by atoms with Gasteiger partial charge in [0.05, 0.1) is 10.2 Å². The van der Waals surface area contributed by atoms with Gasteiger partial charge < -0.3 is 5.32 Å². The first kappa shape index (κ1) is 13.9. The summed E-state index contributed by atoms with van der Waals surface area (Å²) >= 11 is 3.54. The molecule has 0 aromatic carbocycles. The Kier molecular flexibility index (Phi) is 4.14. The maximum atomic E-state index is 4.63. The molecule has 2 aromatic heterocycles. The quantitative estimate of drug-likeness (QED) is 0.940. The summed E-state index contributed by atoms with van der Waals surface area (Å²) in [6, 6.07) is 4.02. The predicted molar refractivity (Wildman–Crippen MR) is 81.4 cm³/mol. The van der Waals surface area contributed by atoms with Gasteiger partial charge >= 0.3 is 0 Å². The van der Waals surface area contributed by atoms with E-state index in [0.29, 0.717) is 0 Å². The van der Waals surface area contributed by atoms with E-state index >= 15 is 0 Å². The third-order valence-electron chi connectivity index (χ3n) is 2.83. The summed E-state index contributed by atoms with van der Waals surface area (Å²) in [6.45, 7) is 6.05. The lowest BCUT2D eigenvalue weighted by Crippen LogP contribution is -2.03. The zero-order valence-electron chi connectivity index (χ0n) is 11.6. The first-order valence-electron chi connectivity index (χ1n) is 6.25. The number of pyridine rings is 1. The molecule has 100 valence electrons. The van der Waals surface area contributed by atoms with Crippen LogP contribution in [0.1, 0.15) is 24.0 Å². The molecule has 0 aliphatic heterocycles. The van der Waals surface area contributed by atoms with E-state index in [1.165, 1.54) is 0 Å². The van der Waals surface area contributed by atoms with Gasteiger partial charge in [0.2, 0.25) is 0 Å². The van der Waals surface area contributed by atoms with Crippen LogP contribution >= 0.6 is 15.9 Å². The van der Waals surface area contributed by atoms with Crippen molar-refractivity contribution in [2.75, 3.05) is 12.4 Å². The number of aryl methyl sites for hydroxylation is 3. The van der Waals surface area contributed by atoms with Crippen molar-refractivity contribution in [3.05, 3.63) is 33.7 Å². The summed E-state index contributed by atoms with van der Waals surface area (Å²) in [7, 11) is 1.86. The van der Waals surface area contributed by atoms with E-state index in [4.69, 9.17) is 0 Å². The van der Waals surface area contributed by atoms with Crippen LogP contribution < -0.4 is 5.32 Å². The molecule has 0 spiro atoms. The molecular formula is C14H17BrN4. The van der Waals surface area contributed by atoms with E-state index < -0.39 is 0 Å². The highest BCUT2D eigenvalue weighted by Gasteiger charge is 2.12. The van der Waals surface area contributed by atoms with Gasteiger partial charge in [0, 0.05) is 24.0 Å². The summed E-state index contributed by atoms with van der Waals surface area (Å²) in [5.74, 6) is 1.55. The third-order valence-corrected chi connectivity index (χ3v) is 3.66. The monoisotopic (exact) mass is 320 g/mol. The van der Waals surface area contributed by atoms with E-state index in [0.717, 1.165) is 45.2 Å². The smallest absolute Gasteiger partial charge is 0.161 e. The second-order valence-electron chi connectivity index (χ2n) is 4.40. The average Bonchev–Trinajstić information content (AvgIpc) is 2.37. The van der Waals surface area contributed by atoms with E-state index in [1.807, 2.05) is 33.0 Å². The summed E-state index contributed by atoms with van der Waals surface area (Å²) in [4.78, 5) is 13.6. The van der Waals surface area contributed by atoms with Gasteiger partial charge in [0.1, 0.15) is 5.82 Å². The molecular weight excluding hydrogens is 304 g/mol. The van der Waals surface area contributed by atoms with E-state index in [-0.39, 0.29) is 0 Å². The maximum absolute atomic E-state index is 4.63. The molecule has 0 saturated carbocycles. The van der Waals surface area contributed by atoms with E-state index in [9.17, 15) is 0 Å². The van der Waals surface area contributed by atoms with Crippen LogP contribution in [0.2, 0.25) is 0 Å². The van der Waals surface area contributed by atoms with Crippen molar-refractivity contribution in [1.29, 1.82) is 0 Å². The topological polar surface area (TPSA) is 50.7 Å². The van der Waals surface area contributed by atoms with Gasteiger partial charge in [0.25, 0.3) is 0 Å². The van der Waals surface area contributed by atoms with Crippen molar-refractivity contribution >= 4 is 21.7 Å². The second-order valence-corrected chi connectivity index (χ2v) is 5.19. The summed E-state index contributed by atoms with van der Waals surface area (Å²) in [6.07, 6.45) is 0.855. The molecule has 1 N–H and O–H groups in total. The van der Waals surface area contributed by atoms with Crippen molar-refractivity contribution in [2.24, 2.45) is 0 Å². The number of anilines is 1. The Hall–Kier alpha value is -1.49. The van der Waals surface area contributed by atoms with Crippen LogP contribution in [-0.4, -0.2) is 22.0 Å². The molecule has 2 aromatic rings. The first-order chi connectivity index (χ1) is 9.05. The summed E-state index contributed by atoms with van der Waals surface area (Å²) in [5.41, 5.74) is 3.96. The normalized spacial score (nSPS) is 10.6. The van der Waals surface area contributed by atoms with Crippen LogP contribution in [0.5, 0.6) is 0 Å². The Bertz CT molecular complexity index is 565. The van der Waals surface area contributed by atoms with Crippen LogP contribution in [0.3, 0.4) is 0 Å². The lowest BCUT2D eigenvalue weighted by molar-refractivity contribution is 0.988. The Labute approximate surface area is 121 Å². The Balaban J connectivity index is 2.61. The Morgan fingerprint density at radius 1 is 1.11 bits per heavy atom. The highest BCUT2D eigenvalue weighted by atomic mass is 79.9. The third kappa shape index (κ3) is 2.92. The molecule has 0 fully saturated rings. The van der Waals surface area contributed by atoms with Gasteiger partial charge in [-0.3, -0.25) is 4.98 Å². The highest BCUT2D eigenvalue weighted by molar-refractivity contribution is 9.10. The molecule has 19 heavy (non-hydrogen) atoms. The minimum absolute atomic E-state index is 0.734. The first-order valence-corrected chi connectivity index (χ1v) is 7.04. The van der Waals surface area contributed by atoms with E-state index in [2.05, 4.69) is 43.1 Å². The molecule has 2 rings (SSSR count). The van der Waals surface area contributed by atoms with Gasteiger partial charge in [-0.25, -0.2) is 9.97 Å². The number of nitrogens with one attached hydrogen (secondary N) is 1. The van der Waals surface area contributed by atoms with Gasteiger partial charge in [0.15, 0.2) is 5.82 Å². The number of rotatable bonds is 3. The zero-order chi connectivity index (χ0) is 14.0. The fourth-order valence-corrected chi connectivity index (χ4v) is 2.64. The van der Waals surface area contributed by atoms with Crippen molar-refractivity contribution in [3.63, 3.8) is 0 Å². The second kappa shape index (κ2) is 5.65. The largest absolute Gasteiger partial charge is 0.372 e. The van der Waals surface area contributed by atoms with Gasteiger partial charge in [-0.2, -0.15) is 0 Å². The maximum Gasteiger partial charge on any atom is 0.161 e. The van der Waals surface area contributed by atoms with Gasteiger partial charge in [-0.05, 0) is 48.3 Å². The molecule has 0 saturated heterocycles. The average molecular weight is 321 g/mol. The van der Waals surface area contributed by atoms with Crippen LogP contribution in [0.4, 0.5) is 5.82 Å². The molecule has 0 aliphatic carbocycles. The molecule has 0 amide bonds. The molecule has 0 bridgehead atoms. The summed E-state index contributed by atoms with van der Waals surface area (Å²) in [5, 5.41) is 3.10. The fourth-order valence-electron chi connectivity index (χ4n) is 1.99. The lowest BCUT2D eigenvalue weighted by Gasteiger charge is -2.10. The minimum atomic E-state index is 0.734. The lowest BCUT2D eigenvalue weighted by atomic mass is 10.2. The molecule has 4 nitrogen and oxygen atoms in total. The van der Waals surface area contributed by atoms with Crippen LogP contribution in [0.25, 0.3) is 11.4 Å². The Morgan fingerprint density at radius 2 is 1.74 bits per heavy atom. The molecule has 0 radical (unpaired) electrons. The Morgan fingerprint density at radius 3 is 2.26 bits per heavy atom. The van der Waals surface area contributed by atoms with Crippen LogP contribution in [0.15, 0.2) is 16.6 Å². The van der Waals surface area contributed by atoms with Crippen molar-refractivity contribution < 1.29 is 0 Å². The molecule has 2 heterocycles. The fraction of sp³-hybridized carbons (Fsp3) is 0.357. The van der Waals surface area contributed by atoms with Crippen molar-refractivity contribution in [3.8, 4) is 11.4 Å². The number of nitrogens with zero attached hydrogens (tertiary/aromatic N) is 3. The molecule has 5 heteroatoms. The number of aromatic nitrogens is 3. The summed E-state index contributed by atoms with van der Waals surface area (Å²) < 4.78 is 0.934. The van der Waals surface area contributed by atoms with Crippen molar-refractivity contribution in [1.82, 2.24) is 15.0 Å². The molecule has 0 atom stereocenters. The standard InChI is InChI=1S/C14H17BrN4/c1-5-11-12(15)14(16-4)19-13(18-11)10-6-8(2)17-9(3)7-10/h6-7H,5H2,1-4H3,(H,16,18,19). The number of hydrogen-bond acceptors (Lipinski definition) is 4. The zero-order valence-corrected chi connectivity index (χ0v) is 13.2. The highest BCUT2D eigenvalue weighted by Crippen LogP contribution is 2.27. The number of halogens is 1. The van der Waals surface area contributed by atoms with Crippen LogP contribution in [-0.2, 0) is 6.42 Å². The SMILES string of the molecule is CCc1nc(-c2cc(C)nc(C)c2)nc(NC)c1Br. The van der Waals surface area contributed by atoms with Crippen LogP contribution in [0, 0.1) is 13.8 Å². The predicted octanol–water partition coefficient (Wildman–Crippen LogP) is 3.52. The molecule has 0 aliphatic rings. The van der Waals surface area contributed by atoms with Gasteiger partial charge in [-0.15, -0.1) is 0 Å². The molecule has 0 unspecified atom stereocenters. The number of hydrogen-bond donors (Lipinski definition) is 1. The van der Waals surface area contributed by atoms with Gasteiger partial charge in [-0.1, -0.05) is 6.92 Å². The minimum Gasteiger partial charge on any atom is -0.372 e. The van der Waals surface area contributed by atoms with E-state index in [1.54, 1.807) is 0 Å². The van der Waals surface area contributed by atoms with Crippen molar-refractivity contribution in [2.45, 2.75) is 27.2 Å².